The van der Waals surface area contributed by atoms with Crippen molar-refractivity contribution in [2.75, 3.05) is 0 Å². The van der Waals surface area contributed by atoms with Gasteiger partial charge in [0.05, 0.1) is 0 Å². The van der Waals surface area contributed by atoms with E-state index in [1.54, 1.807) is 0 Å². The summed E-state index contributed by atoms with van der Waals surface area (Å²) in [5, 5.41) is 0. The third-order valence-electron chi connectivity index (χ3n) is 5.84. The van der Waals surface area contributed by atoms with Gasteiger partial charge in [0.2, 0.25) is 0 Å². The predicted octanol–water partition coefficient (Wildman–Crippen LogP) is 11.4. The highest BCUT2D eigenvalue weighted by Crippen LogP contribution is 2.70. The molecule has 0 fully saturated rings. The summed E-state index contributed by atoms with van der Waals surface area (Å²) in [6.07, 6.45) is -8.38. The Morgan fingerprint density at radius 2 is 0.260 bits per heavy atom. The molecular formula is C16BrF33. The summed E-state index contributed by atoms with van der Waals surface area (Å²) >= 11 is 0.0361. The monoisotopic (exact) mass is 898 g/mol. The molecule has 0 aliphatic rings. The zero-order valence-corrected chi connectivity index (χ0v) is 22.4. The Bertz CT molecular complexity index is 1150. The normalized spacial score (nSPS) is 17.4. The molecule has 0 aromatic heterocycles. The maximum absolute atomic E-state index is 13.7. The SMILES string of the molecule is FC(F)(F)C(F)(F)C(F)(F)C(F)(F)C(F)(F)C(F)(F)C(F)(F)C(F)(F)C(F)(F)C(F)(F)C(F)(F)C(F)(F)C(F)(F)C(F)(F)C(F)(F)C(F)(F)Br. The van der Waals surface area contributed by atoms with Crippen molar-refractivity contribution < 1.29 is 145 Å². The molecule has 302 valence electrons. The second kappa shape index (κ2) is 11.3. The Morgan fingerprint density at radius 3 is 0.360 bits per heavy atom. The summed E-state index contributed by atoms with van der Waals surface area (Å²) in [5.41, 5.74) is 0. The molecule has 0 bridgehead atoms. The maximum Gasteiger partial charge on any atom is 0.460 e. The van der Waals surface area contributed by atoms with Crippen LogP contribution in [0.25, 0.3) is 0 Å². The molecule has 0 heterocycles. The van der Waals surface area contributed by atoms with E-state index in [-0.39, 0.29) is 15.9 Å². The smallest absolute Gasteiger partial charge is 0.192 e. The number of hydrogen-bond donors (Lipinski definition) is 0. The van der Waals surface area contributed by atoms with Gasteiger partial charge in [-0.05, 0) is 15.9 Å². The van der Waals surface area contributed by atoms with Gasteiger partial charge in [-0.1, -0.05) is 0 Å². The third-order valence-corrected chi connectivity index (χ3v) is 6.34. The van der Waals surface area contributed by atoms with Gasteiger partial charge in [0.1, 0.15) is 0 Å². The van der Waals surface area contributed by atoms with Gasteiger partial charge >= 0.3 is 93.9 Å². The van der Waals surface area contributed by atoms with Gasteiger partial charge < -0.3 is 0 Å². The Balaban J connectivity index is 7.70. The molecule has 0 aromatic rings. The van der Waals surface area contributed by atoms with E-state index in [1.165, 1.54) is 0 Å². The van der Waals surface area contributed by atoms with Crippen LogP contribution in [-0.2, 0) is 0 Å². The molecule has 0 spiro atoms. The Hall–Kier alpha value is -1.83. The lowest BCUT2D eigenvalue weighted by Crippen LogP contribution is -2.79. The van der Waals surface area contributed by atoms with E-state index in [4.69, 9.17) is 0 Å². The molecule has 0 unspecified atom stereocenters. The molecular weight excluding hydrogens is 899 g/mol. The van der Waals surface area contributed by atoms with Crippen LogP contribution in [0.3, 0.4) is 0 Å². The van der Waals surface area contributed by atoms with Crippen molar-refractivity contribution in [1.29, 1.82) is 0 Å². The average Bonchev–Trinajstić information content (AvgIpc) is 2.85. The van der Waals surface area contributed by atoms with Crippen LogP contribution in [0.2, 0.25) is 0 Å². The van der Waals surface area contributed by atoms with Crippen LogP contribution >= 0.6 is 15.9 Å². The first kappa shape index (κ1) is 48.2. The zero-order valence-electron chi connectivity index (χ0n) is 20.9. The van der Waals surface area contributed by atoms with Crippen molar-refractivity contribution >= 4 is 15.9 Å². The first-order chi connectivity index (χ1) is 20.8. The van der Waals surface area contributed by atoms with Crippen LogP contribution in [0, 0.1) is 0 Å². The second-order valence-electron chi connectivity index (χ2n) is 9.04. The van der Waals surface area contributed by atoms with E-state index in [0.29, 0.717) is 0 Å². The number of halogens is 34. The van der Waals surface area contributed by atoms with Crippen molar-refractivity contribution in [3.8, 4) is 0 Å². The highest BCUT2D eigenvalue weighted by Gasteiger charge is 3.01. The first-order valence-corrected chi connectivity index (χ1v) is 11.0. The van der Waals surface area contributed by atoms with Crippen molar-refractivity contribution in [2.24, 2.45) is 0 Å². The minimum Gasteiger partial charge on any atom is -0.192 e. The highest BCUT2D eigenvalue weighted by atomic mass is 79.9. The van der Waals surface area contributed by atoms with Gasteiger partial charge in [-0.25, -0.2) is 0 Å². The zero-order chi connectivity index (χ0) is 42.0. The van der Waals surface area contributed by atoms with E-state index in [0.717, 1.165) is 0 Å². The van der Waals surface area contributed by atoms with E-state index in [1.807, 2.05) is 0 Å². The van der Waals surface area contributed by atoms with Crippen LogP contribution in [0.5, 0.6) is 0 Å². The molecule has 0 radical (unpaired) electrons. The van der Waals surface area contributed by atoms with Gasteiger partial charge in [-0.2, -0.15) is 145 Å². The Kier molecular flexibility index (Phi) is 10.9. The lowest BCUT2D eigenvalue weighted by Gasteiger charge is -2.46. The molecule has 0 saturated heterocycles. The van der Waals surface area contributed by atoms with Crippen LogP contribution in [0.15, 0.2) is 0 Å². The molecule has 0 amide bonds. The van der Waals surface area contributed by atoms with Gasteiger partial charge in [0, 0.05) is 0 Å². The molecule has 0 aromatic carbocycles. The molecule has 0 rings (SSSR count). The molecule has 0 aliphatic heterocycles. The summed E-state index contributed by atoms with van der Waals surface area (Å²) in [4.78, 5) is -7.08. The van der Waals surface area contributed by atoms with Gasteiger partial charge in [-0.3, -0.25) is 0 Å². The van der Waals surface area contributed by atoms with Crippen molar-refractivity contribution in [1.82, 2.24) is 0 Å². The van der Waals surface area contributed by atoms with E-state index < -0.39 is 93.9 Å². The van der Waals surface area contributed by atoms with Crippen LogP contribution in [0.1, 0.15) is 0 Å². The van der Waals surface area contributed by atoms with Gasteiger partial charge in [0.25, 0.3) is 0 Å². The second-order valence-corrected chi connectivity index (χ2v) is 10.0. The summed E-state index contributed by atoms with van der Waals surface area (Å²) < 4.78 is 437. The summed E-state index contributed by atoms with van der Waals surface area (Å²) in [5.74, 6) is -135. The predicted molar refractivity (Wildman–Crippen MR) is 89.2 cm³/mol. The molecule has 0 saturated carbocycles. The molecule has 34 heteroatoms. The Labute approximate surface area is 256 Å². The van der Waals surface area contributed by atoms with E-state index in [2.05, 4.69) is 0 Å². The fourth-order valence-electron chi connectivity index (χ4n) is 2.72. The summed E-state index contributed by atoms with van der Waals surface area (Å²) in [6, 6.07) is 0. The van der Waals surface area contributed by atoms with Gasteiger partial charge in [0.15, 0.2) is 0 Å². The lowest BCUT2D eigenvalue weighted by molar-refractivity contribution is -0.490. The summed E-state index contributed by atoms with van der Waals surface area (Å²) in [6.45, 7) is 0. The van der Waals surface area contributed by atoms with E-state index >= 15 is 0 Å². The molecule has 0 N–H and O–H groups in total. The number of rotatable bonds is 14. The first-order valence-electron chi connectivity index (χ1n) is 10.2. The number of alkyl halides is 34. The fraction of sp³-hybridized carbons (Fsp3) is 1.00. The standard InChI is InChI=1S/C16BrF33/c17-15(46,47)13(42,43)11(38,39)9(34,35)7(30,31)5(26,27)3(22,23)1(18,19)2(20,21)4(24,25)6(28,29)8(32,33)10(36,37)12(40,41)14(44,45)16(48,49)50. The quantitative estimate of drug-likeness (QED) is 0.120. The molecule has 0 atom stereocenters. The fourth-order valence-corrected chi connectivity index (χ4v) is 2.97. The minimum absolute atomic E-state index is 0.0361. The van der Waals surface area contributed by atoms with Crippen molar-refractivity contribution in [3.05, 3.63) is 0 Å². The molecule has 0 aliphatic carbocycles. The third kappa shape index (κ3) is 5.31. The van der Waals surface area contributed by atoms with Crippen molar-refractivity contribution in [3.63, 3.8) is 0 Å². The molecule has 0 nitrogen and oxygen atoms in total. The van der Waals surface area contributed by atoms with Gasteiger partial charge in [-0.15, -0.1) is 0 Å². The topological polar surface area (TPSA) is 0 Å². The average molecular weight is 899 g/mol. The summed E-state index contributed by atoms with van der Waals surface area (Å²) in [7, 11) is 0. The van der Waals surface area contributed by atoms with Crippen LogP contribution < -0.4 is 0 Å². The lowest BCUT2D eigenvalue weighted by atomic mass is 9.83. The number of hydrogen-bond acceptors (Lipinski definition) is 0. The Morgan fingerprint density at radius 1 is 0.160 bits per heavy atom. The van der Waals surface area contributed by atoms with E-state index in [9.17, 15) is 145 Å². The van der Waals surface area contributed by atoms with Crippen LogP contribution in [0.4, 0.5) is 145 Å². The van der Waals surface area contributed by atoms with Crippen LogP contribution in [-0.4, -0.2) is 93.9 Å². The molecule has 50 heavy (non-hydrogen) atoms. The minimum atomic E-state index is -10.2. The largest absolute Gasteiger partial charge is 0.460 e. The van der Waals surface area contributed by atoms with Crippen molar-refractivity contribution in [2.45, 2.75) is 93.9 Å². The maximum atomic E-state index is 13.7. The highest BCUT2D eigenvalue weighted by molar-refractivity contribution is 9.10.